The molecule has 1 saturated heterocycles. The molecule has 0 bridgehead atoms. The van der Waals surface area contributed by atoms with Gasteiger partial charge in [0.2, 0.25) is 0 Å². The number of carbonyl (C=O) groups excluding carboxylic acids is 1. The van der Waals surface area contributed by atoms with Crippen LogP contribution in [0.3, 0.4) is 0 Å². The highest BCUT2D eigenvalue weighted by atomic mass is 79.9. The van der Waals surface area contributed by atoms with E-state index < -0.39 is 17.9 Å². The Morgan fingerprint density at radius 3 is 2.63 bits per heavy atom. The van der Waals surface area contributed by atoms with Crippen LogP contribution >= 0.6 is 39.9 Å². The number of carbonyl (C=O) groups is 2. The molecular formula is C21H18BrNO5S2. The van der Waals surface area contributed by atoms with Crippen molar-refractivity contribution in [3.63, 3.8) is 0 Å². The molecule has 156 valence electrons. The standard InChI is InChI=1S/C21H18BrNO5S2/c1-3-28-15-10-12(9-14(22)18(15)27-2)11-16-19(24)23(21(29)30-16)17(20(25)26)13-7-5-4-6-8-13/h4-11,17H,3H2,1-2H3,(H,25,26)/b16-11-. The largest absolute Gasteiger partial charge is 0.492 e. The van der Waals surface area contributed by atoms with Crippen molar-refractivity contribution in [2.24, 2.45) is 0 Å². The van der Waals surface area contributed by atoms with E-state index >= 15 is 0 Å². The number of hydrogen-bond donors (Lipinski definition) is 1. The van der Waals surface area contributed by atoms with Gasteiger partial charge in [-0.25, -0.2) is 4.79 Å². The van der Waals surface area contributed by atoms with Crippen molar-refractivity contribution in [2.75, 3.05) is 13.7 Å². The number of rotatable bonds is 7. The Morgan fingerprint density at radius 1 is 1.33 bits per heavy atom. The molecule has 1 atom stereocenters. The molecule has 0 radical (unpaired) electrons. The Kier molecular flexibility index (Phi) is 7.17. The number of halogens is 1. The molecule has 0 aromatic heterocycles. The lowest BCUT2D eigenvalue weighted by molar-refractivity contribution is -0.145. The summed E-state index contributed by atoms with van der Waals surface area (Å²) in [7, 11) is 1.54. The summed E-state index contributed by atoms with van der Waals surface area (Å²) in [6.07, 6.45) is 1.66. The lowest BCUT2D eigenvalue weighted by Gasteiger charge is -2.23. The molecule has 30 heavy (non-hydrogen) atoms. The van der Waals surface area contributed by atoms with Crippen LogP contribution in [0.4, 0.5) is 0 Å². The molecule has 0 aliphatic carbocycles. The van der Waals surface area contributed by atoms with Gasteiger partial charge in [0, 0.05) is 0 Å². The Bertz CT molecular complexity index is 1030. The highest BCUT2D eigenvalue weighted by Crippen LogP contribution is 2.41. The van der Waals surface area contributed by atoms with Gasteiger partial charge in [0.05, 0.1) is 23.1 Å². The summed E-state index contributed by atoms with van der Waals surface area (Å²) in [5, 5.41) is 9.77. The number of ether oxygens (including phenoxy) is 2. The second kappa shape index (κ2) is 9.63. The third-order valence-corrected chi connectivity index (χ3v) is 6.18. The van der Waals surface area contributed by atoms with Crippen LogP contribution in [0.25, 0.3) is 6.08 Å². The topological polar surface area (TPSA) is 76.1 Å². The molecule has 3 rings (SSSR count). The Morgan fingerprint density at radius 2 is 2.03 bits per heavy atom. The molecule has 1 fully saturated rings. The second-order valence-corrected chi connectivity index (χ2v) is 8.70. The zero-order valence-electron chi connectivity index (χ0n) is 16.1. The smallest absolute Gasteiger partial charge is 0.331 e. The third kappa shape index (κ3) is 4.53. The number of carboxylic acids is 1. The van der Waals surface area contributed by atoms with Gasteiger partial charge in [-0.05, 0) is 52.2 Å². The van der Waals surface area contributed by atoms with Crippen molar-refractivity contribution < 1.29 is 24.2 Å². The van der Waals surface area contributed by atoms with E-state index in [4.69, 9.17) is 21.7 Å². The first-order valence-electron chi connectivity index (χ1n) is 8.92. The molecule has 0 saturated carbocycles. The van der Waals surface area contributed by atoms with Crippen molar-refractivity contribution in [1.29, 1.82) is 0 Å². The maximum atomic E-state index is 13.1. The summed E-state index contributed by atoms with van der Waals surface area (Å²) >= 11 is 9.87. The molecule has 9 heteroatoms. The van der Waals surface area contributed by atoms with Crippen LogP contribution in [0.5, 0.6) is 11.5 Å². The van der Waals surface area contributed by atoms with Crippen LogP contribution in [-0.4, -0.2) is 39.9 Å². The molecule has 2 aromatic carbocycles. The number of benzene rings is 2. The lowest BCUT2D eigenvalue weighted by Crippen LogP contribution is -2.37. The van der Waals surface area contributed by atoms with Crippen molar-refractivity contribution in [3.8, 4) is 11.5 Å². The van der Waals surface area contributed by atoms with Gasteiger partial charge in [-0.3, -0.25) is 9.69 Å². The summed E-state index contributed by atoms with van der Waals surface area (Å²) in [6.45, 7) is 2.31. The fraction of sp³-hybridized carbons (Fsp3) is 0.190. The van der Waals surface area contributed by atoms with E-state index in [1.807, 2.05) is 6.92 Å². The zero-order chi connectivity index (χ0) is 21.8. The highest BCUT2D eigenvalue weighted by Gasteiger charge is 2.41. The maximum Gasteiger partial charge on any atom is 0.331 e. The highest BCUT2D eigenvalue weighted by molar-refractivity contribution is 9.10. The van der Waals surface area contributed by atoms with E-state index in [9.17, 15) is 14.7 Å². The van der Waals surface area contributed by atoms with E-state index in [0.717, 1.165) is 16.7 Å². The Hall–Kier alpha value is -2.36. The molecule has 1 N–H and O–H groups in total. The van der Waals surface area contributed by atoms with Crippen molar-refractivity contribution in [3.05, 3.63) is 63.0 Å². The SMILES string of the molecule is CCOc1cc(/C=C2\SC(=S)N(C(C(=O)O)c3ccccc3)C2=O)cc(Br)c1OC. The fourth-order valence-corrected chi connectivity index (χ4v) is 4.96. The van der Waals surface area contributed by atoms with Gasteiger partial charge in [0.25, 0.3) is 5.91 Å². The fourth-order valence-electron chi connectivity index (χ4n) is 3.02. The second-order valence-electron chi connectivity index (χ2n) is 6.17. The van der Waals surface area contributed by atoms with Gasteiger partial charge in [0.1, 0.15) is 4.32 Å². The monoisotopic (exact) mass is 507 g/mol. The van der Waals surface area contributed by atoms with Crippen LogP contribution in [0.2, 0.25) is 0 Å². The average molecular weight is 508 g/mol. The minimum Gasteiger partial charge on any atom is -0.492 e. The van der Waals surface area contributed by atoms with Gasteiger partial charge in [-0.15, -0.1) is 0 Å². The third-order valence-electron chi connectivity index (χ3n) is 4.26. The number of methoxy groups -OCH3 is 1. The van der Waals surface area contributed by atoms with Gasteiger partial charge in [-0.2, -0.15) is 0 Å². The van der Waals surface area contributed by atoms with E-state index in [1.165, 1.54) is 0 Å². The molecule has 1 unspecified atom stereocenters. The van der Waals surface area contributed by atoms with Crippen molar-refractivity contribution in [2.45, 2.75) is 13.0 Å². The summed E-state index contributed by atoms with van der Waals surface area (Å²) in [4.78, 5) is 26.5. The number of thiocarbonyl (C=S) groups is 1. The lowest BCUT2D eigenvalue weighted by atomic mass is 10.1. The van der Waals surface area contributed by atoms with Gasteiger partial charge >= 0.3 is 5.97 Å². The summed E-state index contributed by atoms with van der Waals surface area (Å²) in [6, 6.07) is 10.9. The van der Waals surface area contributed by atoms with Crippen LogP contribution in [0.15, 0.2) is 51.8 Å². The molecule has 1 aliphatic heterocycles. The Labute approximate surface area is 192 Å². The molecular weight excluding hydrogens is 490 g/mol. The number of amides is 1. The molecule has 0 spiro atoms. The number of aliphatic carboxylic acids is 1. The first kappa shape index (κ1) is 22.3. The summed E-state index contributed by atoms with van der Waals surface area (Å²) in [5.41, 5.74) is 1.17. The van der Waals surface area contributed by atoms with Crippen LogP contribution < -0.4 is 9.47 Å². The van der Waals surface area contributed by atoms with Crippen LogP contribution in [-0.2, 0) is 9.59 Å². The first-order valence-corrected chi connectivity index (χ1v) is 10.9. The van der Waals surface area contributed by atoms with E-state index in [0.29, 0.717) is 38.6 Å². The summed E-state index contributed by atoms with van der Waals surface area (Å²) < 4.78 is 11.8. The molecule has 6 nitrogen and oxygen atoms in total. The van der Waals surface area contributed by atoms with Crippen molar-refractivity contribution >= 4 is 62.2 Å². The zero-order valence-corrected chi connectivity index (χ0v) is 19.3. The van der Waals surface area contributed by atoms with Gasteiger partial charge < -0.3 is 14.6 Å². The van der Waals surface area contributed by atoms with Gasteiger partial charge in [0.15, 0.2) is 17.5 Å². The molecule has 1 aliphatic rings. The maximum absolute atomic E-state index is 13.1. The van der Waals surface area contributed by atoms with Crippen LogP contribution in [0.1, 0.15) is 24.1 Å². The number of thioether (sulfide) groups is 1. The first-order chi connectivity index (χ1) is 14.4. The number of hydrogen-bond acceptors (Lipinski definition) is 6. The van der Waals surface area contributed by atoms with E-state index in [1.54, 1.807) is 55.7 Å². The normalized spacial score (nSPS) is 16.1. The molecule has 2 aromatic rings. The van der Waals surface area contributed by atoms with Crippen LogP contribution in [0, 0.1) is 0 Å². The van der Waals surface area contributed by atoms with Gasteiger partial charge in [-0.1, -0.05) is 54.3 Å². The minimum atomic E-state index is -1.19. The Balaban J connectivity index is 1.98. The summed E-state index contributed by atoms with van der Waals surface area (Å²) in [5.74, 6) is -0.518. The van der Waals surface area contributed by atoms with Crippen molar-refractivity contribution in [1.82, 2.24) is 4.90 Å². The quantitative estimate of drug-likeness (QED) is 0.422. The predicted molar refractivity (Wildman–Crippen MR) is 124 cm³/mol. The van der Waals surface area contributed by atoms with E-state index in [-0.39, 0.29) is 4.32 Å². The number of carboxylic acid groups (broad SMARTS) is 1. The molecule has 1 amide bonds. The minimum absolute atomic E-state index is 0.195. The van der Waals surface area contributed by atoms with E-state index in [2.05, 4.69) is 15.9 Å². The average Bonchev–Trinajstić information content (AvgIpc) is 2.97. The number of nitrogens with zero attached hydrogens (tertiary/aromatic N) is 1. The predicted octanol–water partition coefficient (Wildman–Crippen LogP) is 4.88. The molecule has 1 heterocycles.